The molecular formula is C19H39N5O. The third-order valence-electron chi connectivity index (χ3n) is 5.47. The minimum absolute atomic E-state index is 0.0861. The molecule has 0 aromatic carbocycles. The van der Waals surface area contributed by atoms with E-state index in [4.69, 9.17) is 9.73 Å². The second kappa shape index (κ2) is 9.74. The van der Waals surface area contributed by atoms with Gasteiger partial charge in [-0.15, -0.1) is 0 Å². The Morgan fingerprint density at radius 1 is 1.20 bits per heavy atom. The zero-order valence-electron chi connectivity index (χ0n) is 17.0. The van der Waals surface area contributed by atoms with Gasteiger partial charge in [0, 0.05) is 51.9 Å². The van der Waals surface area contributed by atoms with E-state index in [1.807, 2.05) is 0 Å². The Morgan fingerprint density at radius 3 is 2.48 bits per heavy atom. The second-order valence-corrected chi connectivity index (χ2v) is 8.13. The van der Waals surface area contributed by atoms with Crippen molar-refractivity contribution in [2.45, 2.75) is 52.2 Å². The molecule has 6 heteroatoms. The molecule has 2 aliphatic heterocycles. The molecule has 0 bridgehead atoms. The summed E-state index contributed by atoms with van der Waals surface area (Å²) in [4.78, 5) is 9.84. The van der Waals surface area contributed by atoms with Crippen molar-refractivity contribution in [1.29, 1.82) is 0 Å². The summed E-state index contributed by atoms with van der Waals surface area (Å²) < 4.78 is 5.86. The molecule has 2 heterocycles. The topological polar surface area (TPSA) is 52.1 Å². The number of piperazine rings is 1. The third kappa shape index (κ3) is 6.42. The molecule has 0 amide bonds. The fourth-order valence-electron chi connectivity index (χ4n) is 3.69. The molecule has 2 fully saturated rings. The zero-order valence-corrected chi connectivity index (χ0v) is 17.0. The summed E-state index contributed by atoms with van der Waals surface area (Å²) in [6, 6.07) is 0.538. The molecule has 0 saturated carbocycles. The van der Waals surface area contributed by atoms with Crippen molar-refractivity contribution in [1.82, 2.24) is 20.4 Å². The molecule has 0 aromatic rings. The van der Waals surface area contributed by atoms with Gasteiger partial charge in [0.1, 0.15) is 0 Å². The highest BCUT2D eigenvalue weighted by molar-refractivity contribution is 5.79. The number of likely N-dealkylation sites (N-methyl/N-ethyl adjacent to an activating group) is 1. The van der Waals surface area contributed by atoms with Crippen LogP contribution in [0, 0.1) is 5.92 Å². The molecule has 2 atom stereocenters. The molecule has 0 radical (unpaired) electrons. The Balaban J connectivity index is 1.90. The van der Waals surface area contributed by atoms with Gasteiger partial charge in [-0.1, -0.05) is 13.8 Å². The number of aliphatic imine (C=N–C) groups is 1. The molecule has 0 spiro atoms. The molecule has 2 rings (SSSR count). The van der Waals surface area contributed by atoms with Gasteiger partial charge in [0.25, 0.3) is 0 Å². The quantitative estimate of drug-likeness (QED) is 0.535. The van der Waals surface area contributed by atoms with E-state index in [0.717, 1.165) is 71.2 Å². The van der Waals surface area contributed by atoms with Crippen LogP contribution in [0.25, 0.3) is 0 Å². The van der Waals surface area contributed by atoms with Crippen molar-refractivity contribution in [2.75, 3.05) is 59.5 Å². The SMILES string of the molecule is CCNC(=NCC1(C)CCCO1)NCC(C(C)C)N1CCN(C)CC1. The molecule has 0 aliphatic carbocycles. The van der Waals surface area contributed by atoms with Crippen molar-refractivity contribution in [3.63, 3.8) is 0 Å². The van der Waals surface area contributed by atoms with Crippen LogP contribution < -0.4 is 10.6 Å². The number of guanidine groups is 1. The summed E-state index contributed by atoms with van der Waals surface area (Å²) in [5.74, 6) is 1.54. The average molecular weight is 354 g/mol. The molecule has 6 nitrogen and oxygen atoms in total. The number of hydrogen-bond acceptors (Lipinski definition) is 4. The monoisotopic (exact) mass is 353 g/mol. The third-order valence-corrected chi connectivity index (χ3v) is 5.47. The molecule has 25 heavy (non-hydrogen) atoms. The largest absolute Gasteiger partial charge is 0.373 e. The Bertz CT molecular complexity index is 412. The van der Waals surface area contributed by atoms with E-state index in [-0.39, 0.29) is 5.60 Å². The van der Waals surface area contributed by atoms with E-state index in [1.165, 1.54) is 0 Å². The molecular weight excluding hydrogens is 314 g/mol. The summed E-state index contributed by atoms with van der Waals surface area (Å²) in [5, 5.41) is 6.96. The summed E-state index contributed by atoms with van der Waals surface area (Å²) in [7, 11) is 2.21. The van der Waals surface area contributed by atoms with Crippen molar-refractivity contribution >= 4 is 5.96 Å². The summed E-state index contributed by atoms with van der Waals surface area (Å²) in [6.45, 7) is 17.0. The predicted molar refractivity (Wildman–Crippen MR) is 105 cm³/mol. The normalized spacial score (nSPS) is 27.7. The van der Waals surface area contributed by atoms with Crippen LogP contribution in [0.5, 0.6) is 0 Å². The Morgan fingerprint density at radius 2 is 1.92 bits per heavy atom. The maximum absolute atomic E-state index is 5.86. The molecule has 2 aliphatic rings. The summed E-state index contributed by atoms with van der Waals surface area (Å²) in [5.41, 5.74) is -0.0861. The molecule has 2 N–H and O–H groups in total. The van der Waals surface area contributed by atoms with Crippen LogP contribution >= 0.6 is 0 Å². The minimum atomic E-state index is -0.0861. The minimum Gasteiger partial charge on any atom is -0.373 e. The van der Waals surface area contributed by atoms with E-state index >= 15 is 0 Å². The Kier molecular flexibility index (Phi) is 7.97. The first-order chi connectivity index (χ1) is 11.9. The first-order valence-electron chi connectivity index (χ1n) is 10.0. The van der Waals surface area contributed by atoms with Crippen LogP contribution in [0.1, 0.15) is 40.5 Å². The van der Waals surface area contributed by atoms with Gasteiger partial charge in [0.15, 0.2) is 5.96 Å². The first-order valence-corrected chi connectivity index (χ1v) is 10.0. The lowest BCUT2D eigenvalue weighted by atomic mass is 10.0. The van der Waals surface area contributed by atoms with Crippen LogP contribution in [0.3, 0.4) is 0 Å². The van der Waals surface area contributed by atoms with Gasteiger partial charge in [-0.2, -0.15) is 0 Å². The highest BCUT2D eigenvalue weighted by Crippen LogP contribution is 2.25. The predicted octanol–water partition coefficient (Wildman–Crippen LogP) is 1.38. The van der Waals surface area contributed by atoms with Gasteiger partial charge in [-0.25, -0.2) is 0 Å². The van der Waals surface area contributed by atoms with Gasteiger partial charge in [-0.05, 0) is 39.7 Å². The molecule has 0 aromatic heterocycles. The van der Waals surface area contributed by atoms with E-state index in [9.17, 15) is 0 Å². The van der Waals surface area contributed by atoms with Crippen LogP contribution in [-0.4, -0.2) is 86.9 Å². The summed E-state index contributed by atoms with van der Waals surface area (Å²) >= 11 is 0. The fraction of sp³-hybridized carbons (Fsp3) is 0.947. The van der Waals surface area contributed by atoms with Crippen LogP contribution in [0.2, 0.25) is 0 Å². The fourth-order valence-corrected chi connectivity index (χ4v) is 3.69. The Labute approximate surface area is 154 Å². The molecule has 146 valence electrons. The number of hydrogen-bond donors (Lipinski definition) is 2. The van der Waals surface area contributed by atoms with E-state index < -0.39 is 0 Å². The molecule has 2 unspecified atom stereocenters. The molecule has 2 saturated heterocycles. The first kappa shape index (κ1) is 20.5. The maximum Gasteiger partial charge on any atom is 0.191 e. The lowest BCUT2D eigenvalue weighted by Crippen LogP contribution is -2.55. The van der Waals surface area contributed by atoms with Gasteiger partial charge in [-0.3, -0.25) is 9.89 Å². The standard InChI is InChI=1S/C19H39N5O/c1-6-20-18(22-15-19(4)8-7-13-25-19)21-14-17(16(2)3)24-11-9-23(5)10-12-24/h16-17H,6-15H2,1-5H3,(H2,20,21,22). The number of ether oxygens (including phenoxy) is 1. The number of nitrogens with one attached hydrogen (secondary N) is 2. The Hall–Kier alpha value is -0.850. The zero-order chi connectivity index (χ0) is 18.3. The van der Waals surface area contributed by atoms with Crippen LogP contribution in [0.4, 0.5) is 0 Å². The smallest absolute Gasteiger partial charge is 0.191 e. The van der Waals surface area contributed by atoms with E-state index in [2.05, 4.69) is 55.2 Å². The van der Waals surface area contributed by atoms with Crippen LogP contribution in [-0.2, 0) is 4.74 Å². The van der Waals surface area contributed by atoms with Gasteiger partial charge in [0.2, 0.25) is 0 Å². The average Bonchev–Trinajstić information content (AvgIpc) is 3.01. The van der Waals surface area contributed by atoms with Gasteiger partial charge >= 0.3 is 0 Å². The van der Waals surface area contributed by atoms with Crippen molar-refractivity contribution in [3.05, 3.63) is 0 Å². The van der Waals surface area contributed by atoms with Gasteiger partial charge < -0.3 is 20.3 Å². The van der Waals surface area contributed by atoms with Crippen LogP contribution in [0.15, 0.2) is 4.99 Å². The van der Waals surface area contributed by atoms with Crippen molar-refractivity contribution in [3.8, 4) is 0 Å². The number of nitrogens with zero attached hydrogens (tertiary/aromatic N) is 3. The highest BCUT2D eigenvalue weighted by atomic mass is 16.5. The maximum atomic E-state index is 5.86. The lowest BCUT2D eigenvalue weighted by molar-refractivity contribution is 0.0283. The van der Waals surface area contributed by atoms with E-state index in [1.54, 1.807) is 0 Å². The van der Waals surface area contributed by atoms with Gasteiger partial charge in [0.05, 0.1) is 12.1 Å². The second-order valence-electron chi connectivity index (χ2n) is 8.13. The summed E-state index contributed by atoms with van der Waals surface area (Å²) in [6.07, 6.45) is 2.25. The lowest BCUT2D eigenvalue weighted by Gasteiger charge is -2.40. The number of rotatable bonds is 7. The van der Waals surface area contributed by atoms with Crippen molar-refractivity contribution < 1.29 is 4.74 Å². The van der Waals surface area contributed by atoms with E-state index in [0.29, 0.717) is 12.0 Å². The van der Waals surface area contributed by atoms with Crippen molar-refractivity contribution in [2.24, 2.45) is 10.9 Å². The highest BCUT2D eigenvalue weighted by Gasteiger charge is 2.30.